The monoisotopic (exact) mass is 195 g/mol. The molecule has 0 bridgehead atoms. The molecular weight excluding hydrogens is 180 g/mol. The van der Waals surface area contributed by atoms with Gasteiger partial charge in [-0.05, 0) is 11.8 Å². The molecule has 0 saturated carbocycles. The average molecular weight is 195 g/mol. The Bertz CT molecular complexity index is 183. The number of aliphatic carboxylic acids is 1. The van der Waals surface area contributed by atoms with E-state index < -0.39 is 23.9 Å². The Kier molecular flexibility index (Phi) is 4.26. The smallest absolute Gasteiger partial charge is 0.320 e. The summed E-state index contributed by atoms with van der Waals surface area (Å²) in [5, 5.41) is 8.47. The number of hydrogen-bond acceptors (Lipinski definition) is 2. The summed E-state index contributed by atoms with van der Waals surface area (Å²) in [5.41, 5.74) is 4.50. The van der Waals surface area contributed by atoms with E-state index in [2.05, 4.69) is 0 Å². The average Bonchev–Trinajstić information content (AvgIpc) is 1.81. The van der Waals surface area contributed by atoms with Crippen molar-refractivity contribution in [2.45, 2.75) is 39.2 Å². The molecule has 0 aromatic carbocycles. The third-order valence-electron chi connectivity index (χ3n) is 1.80. The largest absolute Gasteiger partial charge is 0.480 e. The Morgan fingerprint density at radius 2 is 1.92 bits per heavy atom. The van der Waals surface area contributed by atoms with Gasteiger partial charge in [0, 0.05) is 6.42 Å². The summed E-state index contributed by atoms with van der Waals surface area (Å²) in [6, 6.07) is -1.06. The van der Waals surface area contributed by atoms with E-state index in [4.69, 9.17) is 10.8 Å². The number of carbonyl (C=O) groups is 1. The molecule has 1 atom stereocenters. The van der Waals surface area contributed by atoms with Crippen LogP contribution in [0.15, 0.2) is 0 Å². The first-order valence-electron chi connectivity index (χ1n) is 4.01. The van der Waals surface area contributed by atoms with Crippen molar-refractivity contribution < 1.29 is 18.7 Å². The molecule has 0 heterocycles. The second-order valence-electron chi connectivity index (χ2n) is 3.91. The molecule has 5 heteroatoms. The van der Waals surface area contributed by atoms with E-state index >= 15 is 0 Å². The van der Waals surface area contributed by atoms with E-state index in [1.807, 2.05) is 0 Å². The standard InChI is InChI=1S/C8H15F2NO2/c1-8(2,4-6(9)10)3-5(11)7(12)13/h5-6H,3-4,11H2,1-2H3,(H,12,13)/t5-/m0/s1. The molecule has 0 rings (SSSR count). The summed E-state index contributed by atoms with van der Waals surface area (Å²) in [5.74, 6) is -1.15. The van der Waals surface area contributed by atoms with Gasteiger partial charge in [0.1, 0.15) is 6.04 Å². The van der Waals surface area contributed by atoms with Crippen LogP contribution in [0.2, 0.25) is 0 Å². The molecule has 0 unspecified atom stereocenters. The van der Waals surface area contributed by atoms with E-state index in [0.717, 1.165) is 0 Å². The van der Waals surface area contributed by atoms with Gasteiger partial charge in [-0.15, -0.1) is 0 Å². The van der Waals surface area contributed by atoms with Crippen LogP contribution in [0.4, 0.5) is 8.78 Å². The molecule has 0 saturated heterocycles. The quantitative estimate of drug-likeness (QED) is 0.698. The van der Waals surface area contributed by atoms with Gasteiger partial charge in [0.15, 0.2) is 0 Å². The van der Waals surface area contributed by atoms with E-state index in [-0.39, 0.29) is 12.8 Å². The fourth-order valence-electron chi connectivity index (χ4n) is 1.18. The van der Waals surface area contributed by atoms with Crippen molar-refractivity contribution in [3.63, 3.8) is 0 Å². The van der Waals surface area contributed by atoms with E-state index in [0.29, 0.717) is 0 Å². The number of rotatable bonds is 5. The van der Waals surface area contributed by atoms with Gasteiger partial charge < -0.3 is 10.8 Å². The van der Waals surface area contributed by atoms with Crippen molar-refractivity contribution in [2.24, 2.45) is 11.1 Å². The first-order chi connectivity index (χ1) is 5.74. The highest BCUT2D eigenvalue weighted by atomic mass is 19.3. The summed E-state index contributed by atoms with van der Waals surface area (Å²) in [4.78, 5) is 10.4. The lowest BCUT2D eigenvalue weighted by Gasteiger charge is -2.25. The van der Waals surface area contributed by atoms with Crippen LogP contribution in [0.5, 0.6) is 0 Å². The molecule has 0 aliphatic heterocycles. The second-order valence-corrected chi connectivity index (χ2v) is 3.91. The third kappa shape index (κ3) is 5.52. The topological polar surface area (TPSA) is 63.3 Å². The Morgan fingerprint density at radius 3 is 2.23 bits per heavy atom. The Morgan fingerprint density at radius 1 is 1.46 bits per heavy atom. The van der Waals surface area contributed by atoms with Crippen LogP contribution in [0.3, 0.4) is 0 Å². The Labute approximate surface area is 75.9 Å². The van der Waals surface area contributed by atoms with Crippen molar-refractivity contribution in [3.05, 3.63) is 0 Å². The van der Waals surface area contributed by atoms with Gasteiger partial charge in [0.2, 0.25) is 6.43 Å². The van der Waals surface area contributed by atoms with Crippen molar-refractivity contribution >= 4 is 5.97 Å². The van der Waals surface area contributed by atoms with Crippen LogP contribution >= 0.6 is 0 Å². The molecule has 0 amide bonds. The molecule has 0 aliphatic rings. The molecular formula is C8H15F2NO2. The highest BCUT2D eigenvalue weighted by Crippen LogP contribution is 2.29. The number of carboxylic acid groups (broad SMARTS) is 1. The van der Waals surface area contributed by atoms with Gasteiger partial charge in [-0.1, -0.05) is 13.8 Å². The number of halogens is 2. The predicted octanol–water partition coefficient (Wildman–Crippen LogP) is 1.47. The van der Waals surface area contributed by atoms with Crippen LogP contribution in [-0.4, -0.2) is 23.5 Å². The van der Waals surface area contributed by atoms with Crippen LogP contribution in [0.1, 0.15) is 26.7 Å². The highest BCUT2D eigenvalue weighted by Gasteiger charge is 2.28. The van der Waals surface area contributed by atoms with E-state index in [1.165, 1.54) is 0 Å². The molecule has 78 valence electrons. The predicted molar refractivity (Wildman–Crippen MR) is 44.6 cm³/mol. The Hall–Kier alpha value is -0.710. The normalized spacial score (nSPS) is 14.6. The third-order valence-corrected chi connectivity index (χ3v) is 1.80. The zero-order valence-electron chi connectivity index (χ0n) is 7.76. The van der Waals surface area contributed by atoms with Crippen molar-refractivity contribution in [2.75, 3.05) is 0 Å². The second kappa shape index (κ2) is 4.50. The fraction of sp³-hybridized carbons (Fsp3) is 0.875. The zero-order chi connectivity index (χ0) is 10.6. The first kappa shape index (κ1) is 12.3. The maximum atomic E-state index is 12.0. The molecule has 0 fully saturated rings. The van der Waals surface area contributed by atoms with E-state index in [9.17, 15) is 13.6 Å². The molecule has 3 N–H and O–H groups in total. The minimum atomic E-state index is -2.42. The molecule has 0 aromatic rings. The summed E-state index contributed by atoms with van der Waals surface area (Å²) >= 11 is 0. The summed E-state index contributed by atoms with van der Waals surface area (Å²) < 4.78 is 24.0. The molecule has 13 heavy (non-hydrogen) atoms. The lowest BCUT2D eigenvalue weighted by Crippen LogP contribution is -2.35. The number of carboxylic acids is 1. The molecule has 0 aliphatic carbocycles. The molecule has 0 spiro atoms. The van der Waals surface area contributed by atoms with Crippen molar-refractivity contribution in [3.8, 4) is 0 Å². The summed E-state index contributed by atoms with van der Waals surface area (Å²) in [6.45, 7) is 3.17. The van der Waals surface area contributed by atoms with Gasteiger partial charge in [-0.25, -0.2) is 8.78 Å². The van der Waals surface area contributed by atoms with Gasteiger partial charge >= 0.3 is 5.97 Å². The maximum Gasteiger partial charge on any atom is 0.320 e. The van der Waals surface area contributed by atoms with Crippen molar-refractivity contribution in [1.82, 2.24) is 0 Å². The Balaban J connectivity index is 4.08. The number of hydrogen-bond donors (Lipinski definition) is 2. The minimum absolute atomic E-state index is 0.0622. The SMILES string of the molecule is CC(C)(CC(F)F)C[C@H](N)C(=O)O. The first-order valence-corrected chi connectivity index (χ1v) is 4.01. The number of nitrogens with two attached hydrogens (primary N) is 1. The van der Waals surface area contributed by atoms with Crippen LogP contribution in [0, 0.1) is 5.41 Å². The van der Waals surface area contributed by atoms with E-state index in [1.54, 1.807) is 13.8 Å². The fourth-order valence-corrected chi connectivity index (χ4v) is 1.18. The molecule has 3 nitrogen and oxygen atoms in total. The van der Waals surface area contributed by atoms with Crippen LogP contribution in [0.25, 0.3) is 0 Å². The summed E-state index contributed by atoms with van der Waals surface area (Å²) in [7, 11) is 0. The maximum absolute atomic E-state index is 12.0. The highest BCUT2D eigenvalue weighted by molar-refractivity contribution is 5.73. The van der Waals surface area contributed by atoms with Gasteiger partial charge in [0.05, 0.1) is 0 Å². The molecule has 0 radical (unpaired) electrons. The molecule has 0 aromatic heterocycles. The van der Waals surface area contributed by atoms with Crippen LogP contribution in [-0.2, 0) is 4.79 Å². The number of alkyl halides is 2. The zero-order valence-corrected chi connectivity index (χ0v) is 7.76. The van der Waals surface area contributed by atoms with Crippen LogP contribution < -0.4 is 5.73 Å². The lowest BCUT2D eigenvalue weighted by molar-refractivity contribution is -0.139. The van der Waals surface area contributed by atoms with Gasteiger partial charge in [-0.2, -0.15) is 0 Å². The van der Waals surface area contributed by atoms with Crippen molar-refractivity contribution in [1.29, 1.82) is 0 Å². The van der Waals surface area contributed by atoms with Gasteiger partial charge in [-0.3, -0.25) is 4.79 Å². The minimum Gasteiger partial charge on any atom is -0.480 e. The van der Waals surface area contributed by atoms with Gasteiger partial charge in [0.25, 0.3) is 0 Å². The lowest BCUT2D eigenvalue weighted by atomic mass is 9.83. The summed E-state index contributed by atoms with van der Waals surface area (Å²) in [6.07, 6.45) is -2.68.